The molecule has 1 aromatic heterocycles. The number of H-pyrrole nitrogens is 1. The number of pyridine rings is 1. The quantitative estimate of drug-likeness (QED) is 0.536. The molecule has 1 atom stereocenters. The van der Waals surface area contributed by atoms with Gasteiger partial charge in [0.2, 0.25) is 5.56 Å². The lowest BCUT2D eigenvalue weighted by Crippen LogP contribution is -2.50. The molecular weight excluding hydrogens is 469 g/mol. The molecule has 1 fully saturated rings. The average molecular weight is 495 g/mol. The van der Waals surface area contributed by atoms with E-state index in [9.17, 15) is 22.8 Å². The predicted octanol–water partition coefficient (Wildman–Crippen LogP) is 4.19. The first-order chi connectivity index (χ1) is 17.1. The van der Waals surface area contributed by atoms with Crippen LogP contribution in [-0.2, 0) is 6.18 Å². The number of hydrogen-bond donors (Lipinski definition) is 2. The number of hydrogen-bond acceptors (Lipinski definition) is 4. The van der Waals surface area contributed by atoms with Crippen molar-refractivity contribution in [3.8, 4) is 11.8 Å². The molecule has 0 spiro atoms. The minimum absolute atomic E-state index is 0.246. The third kappa shape index (κ3) is 5.78. The van der Waals surface area contributed by atoms with Crippen LogP contribution in [-0.4, -0.2) is 48.5 Å². The van der Waals surface area contributed by atoms with Gasteiger partial charge < -0.3 is 20.1 Å². The number of nitrogens with one attached hydrogen (secondary N) is 2. The van der Waals surface area contributed by atoms with Gasteiger partial charge in [0.1, 0.15) is 0 Å². The normalized spacial score (nSPS) is 16.2. The Bertz CT molecular complexity index is 1370. The molecule has 0 saturated carbocycles. The van der Waals surface area contributed by atoms with Gasteiger partial charge in [0, 0.05) is 49.1 Å². The summed E-state index contributed by atoms with van der Waals surface area (Å²) < 4.78 is 40.6. The number of nitrogens with zero attached hydrogens (tertiary/aromatic N) is 2. The fraction of sp³-hybridized carbons (Fsp3) is 0.259. The number of aromatic nitrogens is 1. The fourth-order valence-corrected chi connectivity index (χ4v) is 4.01. The monoisotopic (exact) mass is 494 g/mol. The molecule has 1 amide bonds. The first-order valence-electron chi connectivity index (χ1n) is 11.4. The molecule has 2 aromatic carbocycles. The van der Waals surface area contributed by atoms with Crippen LogP contribution in [0.1, 0.15) is 34.0 Å². The van der Waals surface area contributed by atoms with E-state index in [4.69, 9.17) is 0 Å². The maximum atomic E-state index is 13.5. The third-order valence-corrected chi connectivity index (χ3v) is 6.14. The van der Waals surface area contributed by atoms with Gasteiger partial charge in [0.15, 0.2) is 0 Å². The van der Waals surface area contributed by atoms with Crippen LogP contribution in [0.5, 0.6) is 0 Å². The smallest absolute Gasteiger partial charge is 0.367 e. The number of carbonyl (C=O) groups is 1. The summed E-state index contributed by atoms with van der Waals surface area (Å²) in [7, 11) is 2.03. The third-order valence-electron chi connectivity index (χ3n) is 6.14. The highest BCUT2D eigenvalue weighted by Crippen LogP contribution is 2.33. The van der Waals surface area contributed by atoms with Crippen molar-refractivity contribution in [2.75, 3.05) is 36.9 Å². The zero-order valence-electron chi connectivity index (χ0n) is 19.8. The van der Waals surface area contributed by atoms with Gasteiger partial charge in [-0.1, -0.05) is 30.0 Å². The Labute approximate surface area is 206 Å². The maximum Gasteiger partial charge on any atom is 0.417 e. The second kappa shape index (κ2) is 10.3. The summed E-state index contributed by atoms with van der Waals surface area (Å²) in [6.07, 6.45) is -4.07. The summed E-state index contributed by atoms with van der Waals surface area (Å²) in [5.41, 5.74) is -0.466. The molecule has 1 aliphatic rings. The van der Waals surface area contributed by atoms with E-state index >= 15 is 0 Å². The summed E-state index contributed by atoms with van der Waals surface area (Å²) in [5, 5.41) is 2.64. The number of amides is 1. The number of alkyl halides is 3. The first kappa shape index (κ1) is 25.1. The van der Waals surface area contributed by atoms with Crippen molar-refractivity contribution < 1.29 is 18.0 Å². The van der Waals surface area contributed by atoms with Crippen LogP contribution in [0.2, 0.25) is 0 Å². The largest absolute Gasteiger partial charge is 0.417 e. The van der Waals surface area contributed by atoms with Crippen LogP contribution in [0.15, 0.2) is 65.6 Å². The zero-order valence-corrected chi connectivity index (χ0v) is 19.8. The Morgan fingerprint density at radius 2 is 1.78 bits per heavy atom. The molecular formula is C27H25F3N4O2. The zero-order chi connectivity index (χ0) is 25.9. The van der Waals surface area contributed by atoms with E-state index < -0.39 is 28.8 Å². The van der Waals surface area contributed by atoms with E-state index in [1.165, 1.54) is 0 Å². The van der Waals surface area contributed by atoms with Gasteiger partial charge in [-0.15, -0.1) is 0 Å². The first-order valence-corrected chi connectivity index (χ1v) is 11.4. The van der Waals surface area contributed by atoms with Gasteiger partial charge in [0.05, 0.1) is 22.5 Å². The van der Waals surface area contributed by atoms with Gasteiger partial charge in [-0.2, -0.15) is 13.2 Å². The van der Waals surface area contributed by atoms with Crippen molar-refractivity contribution >= 4 is 17.3 Å². The van der Waals surface area contributed by atoms with Gasteiger partial charge in [-0.05, 0) is 44.3 Å². The van der Waals surface area contributed by atoms with Crippen molar-refractivity contribution in [3.63, 3.8) is 0 Å². The number of aromatic amines is 1. The number of anilines is 2. The van der Waals surface area contributed by atoms with Crippen molar-refractivity contribution in [3.05, 3.63) is 93.4 Å². The summed E-state index contributed by atoms with van der Waals surface area (Å²) in [5.74, 6) is 5.12. The highest BCUT2D eigenvalue weighted by molar-refractivity contribution is 6.07. The molecule has 0 unspecified atom stereocenters. The molecule has 2 N–H and O–H groups in total. The number of likely N-dealkylation sites (N-methyl/N-ethyl adjacent to an activating group) is 1. The topological polar surface area (TPSA) is 68.4 Å². The summed E-state index contributed by atoms with van der Waals surface area (Å²) >= 11 is 0. The van der Waals surface area contributed by atoms with E-state index in [1.807, 2.05) is 49.5 Å². The molecule has 0 radical (unpaired) electrons. The van der Waals surface area contributed by atoms with E-state index in [0.29, 0.717) is 36.1 Å². The maximum absolute atomic E-state index is 13.5. The van der Waals surface area contributed by atoms with Gasteiger partial charge in [-0.25, -0.2) is 0 Å². The van der Waals surface area contributed by atoms with Gasteiger partial charge >= 0.3 is 6.18 Å². The van der Waals surface area contributed by atoms with E-state index in [0.717, 1.165) is 18.3 Å². The van der Waals surface area contributed by atoms with Crippen LogP contribution in [0, 0.1) is 11.8 Å². The molecule has 36 heavy (non-hydrogen) atoms. The Balaban J connectivity index is 1.72. The molecule has 4 rings (SSSR count). The van der Waals surface area contributed by atoms with Crippen molar-refractivity contribution in [2.45, 2.75) is 19.1 Å². The van der Waals surface area contributed by atoms with Crippen LogP contribution in [0.3, 0.4) is 0 Å². The van der Waals surface area contributed by atoms with E-state index in [2.05, 4.69) is 38.9 Å². The number of piperazine rings is 1. The molecule has 6 nitrogen and oxygen atoms in total. The molecule has 9 heteroatoms. The lowest BCUT2D eigenvalue weighted by molar-refractivity contribution is -0.138. The van der Waals surface area contributed by atoms with Crippen LogP contribution >= 0.6 is 0 Å². The molecule has 1 aliphatic heterocycles. The molecule has 2 heterocycles. The van der Waals surface area contributed by atoms with Gasteiger partial charge in [0.25, 0.3) is 5.91 Å². The minimum atomic E-state index is -4.86. The number of halogens is 3. The van der Waals surface area contributed by atoms with Crippen LogP contribution in [0.25, 0.3) is 0 Å². The highest BCUT2D eigenvalue weighted by atomic mass is 19.4. The molecule has 0 bridgehead atoms. The Hall–Kier alpha value is -4.03. The number of benzene rings is 2. The summed E-state index contributed by atoms with van der Waals surface area (Å²) in [4.78, 5) is 31.0. The standard InChI is InChI=1S/C27H25F3N4O2/c1-18-17-34(13-12-33(18)2)24-11-10-20(9-8-19-6-4-3-5-7-19)14-23(24)32-26(36)21-16-31-25(35)15-22(21)27(28,29)30/h3-7,10-11,14-16,18H,12-13,17H2,1-2H3,(H,31,35)(H,32,36)/t18-/m0/s1. The van der Waals surface area contributed by atoms with E-state index in [1.54, 1.807) is 6.07 Å². The fourth-order valence-electron chi connectivity index (χ4n) is 4.01. The van der Waals surface area contributed by atoms with Crippen molar-refractivity contribution in [1.82, 2.24) is 9.88 Å². The predicted molar refractivity (Wildman–Crippen MR) is 133 cm³/mol. The molecule has 1 saturated heterocycles. The van der Waals surface area contributed by atoms with Gasteiger partial charge in [-0.3, -0.25) is 9.59 Å². The average Bonchev–Trinajstić information content (AvgIpc) is 2.84. The Morgan fingerprint density at radius 1 is 1.06 bits per heavy atom. The Morgan fingerprint density at radius 3 is 2.47 bits per heavy atom. The molecule has 3 aromatic rings. The van der Waals surface area contributed by atoms with Crippen LogP contribution in [0.4, 0.5) is 24.5 Å². The minimum Gasteiger partial charge on any atom is -0.367 e. The summed E-state index contributed by atoms with van der Waals surface area (Å²) in [6.45, 7) is 4.24. The van der Waals surface area contributed by atoms with Crippen LogP contribution < -0.4 is 15.8 Å². The summed E-state index contributed by atoms with van der Waals surface area (Å²) in [6, 6.07) is 15.3. The van der Waals surface area contributed by atoms with Crippen molar-refractivity contribution in [1.29, 1.82) is 0 Å². The lowest BCUT2D eigenvalue weighted by atomic mass is 10.1. The second-order valence-electron chi connectivity index (χ2n) is 8.70. The number of rotatable bonds is 3. The lowest BCUT2D eigenvalue weighted by Gasteiger charge is -2.39. The Kier molecular flexibility index (Phi) is 7.17. The van der Waals surface area contributed by atoms with Crippen molar-refractivity contribution in [2.24, 2.45) is 0 Å². The molecule has 186 valence electrons. The molecule has 0 aliphatic carbocycles. The second-order valence-corrected chi connectivity index (χ2v) is 8.70. The SMILES string of the molecule is C[C@H]1CN(c2ccc(C#Cc3ccccc3)cc2NC(=O)c2c[nH]c(=O)cc2C(F)(F)F)CCN1C. The highest BCUT2D eigenvalue weighted by Gasteiger charge is 2.36. The number of carbonyl (C=O) groups excluding carboxylic acids is 1. The van der Waals surface area contributed by atoms with E-state index in [-0.39, 0.29) is 6.04 Å².